The summed E-state index contributed by atoms with van der Waals surface area (Å²) < 4.78 is 7.38. The molecule has 0 saturated heterocycles. The van der Waals surface area contributed by atoms with Gasteiger partial charge in [-0.2, -0.15) is 0 Å². The number of amides is 1. The van der Waals surface area contributed by atoms with Crippen LogP contribution in [0.1, 0.15) is 0 Å². The maximum absolute atomic E-state index is 11.3. The van der Waals surface area contributed by atoms with Crippen LogP contribution in [0, 0.1) is 0 Å². The van der Waals surface area contributed by atoms with Crippen LogP contribution in [0.4, 0.5) is 5.69 Å². The van der Waals surface area contributed by atoms with Gasteiger partial charge in [-0.3, -0.25) is 4.79 Å². The van der Waals surface area contributed by atoms with Crippen LogP contribution in [0.2, 0.25) is 0 Å². The van der Waals surface area contributed by atoms with E-state index in [2.05, 4.69) is 10.3 Å². The minimum absolute atomic E-state index is 0.0450. The van der Waals surface area contributed by atoms with Crippen molar-refractivity contribution in [3.05, 3.63) is 48.8 Å². The van der Waals surface area contributed by atoms with Gasteiger partial charge < -0.3 is 20.2 Å². The van der Waals surface area contributed by atoms with Crippen LogP contribution in [-0.4, -0.2) is 28.9 Å². The van der Waals surface area contributed by atoms with E-state index in [1.54, 1.807) is 13.1 Å². The lowest BCUT2D eigenvalue weighted by Gasteiger charge is -2.05. The molecule has 2 aromatic heterocycles. The molecule has 0 aliphatic carbocycles. The lowest BCUT2D eigenvalue weighted by Crippen LogP contribution is -2.24. The van der Waals surface area contributed by atoms with Crippen molar-refractivity contribution in [3.8, 4) is 17.0 Å². The van der Waals surface area contributed by atoms with Crippen LogP contribution in [0.15, 0.2) is 48.8 Å². The molecule has 1 aromatic carbocycles. The molecule has 0 fully saturated rings. The monoisotopic (exact) mass is 296 g/mol. The number of carbonyl (C=O) groups is 1. The first kappa shape index (κ1) is 13.9. The van der Waals surface area contributed by atoms with Gasteiger partial charge in [-0.25, -0.2) is 4.98 Å². The second kappa shape index (κ2) is 5.77. The summed E-state index contributed by atoms with van der Waals surface area (Å²) in [4.78, 5) is 15.9. The lowest BCUT2D eigenvalue weighted by molar-refractivity contribution is -0.122. The second-order valence-electron chi connectivity index (χ2n) is 4.82. The number of nitrogens with zero attached hydrogens (tertiary/aromatic N) is 2. The van der Waals surface area contributed by atoms with Crippen molar-refractivity contribution in [1.29, 1.82) is 0 Å². The van der Waals surface area contributed by atoms with E-state index < -0.39 is 0 Å². The van der Waals surface area contributed by atoms with Gasteiger partial charge in [-0.1, -0.05) is 12.1 Å². The molecule has 0 saturated carbocycles. The summed E-state index contributed by atoms with van der Waals surface area (Å²) in [5.74, 6) is 0.367. The lowest BCUT2D eigenvalue weighted by atomic mass is 10.1. The number of hydrogen-bond acceptors (Lipinski definition) is 4. The SMILES string of the molecule is CNC(=O)COc1cccn2cc(-c3cccc(N)c3)nc12. The van der Waals surface area contributed by atoms with Crippen LogP contribution in [0.3, 0.4) is 0 Å². The Bertz CT molecular complexity index is 826. The van der Waals surface area contributed by atoms with Crippen molar-refractivity contribution in [1.82, 2.24) is 14.7 Å². The number of nitrogen functional groups attached to an aromatic ring is 1. The molecule has 0 radical (unpaired) electrons. The molecule has 1 amide bonds. The van der Waals surface area contributed by atoms with Gasteiger partial charge in [0.15, 0.2) is 18.0 Å². The van der Waals surface area contributed by atoms with E-state index in [1.807, 2.05) is 47.1 Å². The van der Waals surface area contributed by atoms with E-state index in [1.165, 1.54) is 0 Å². The zero-order valence-electron chi connectivity index (χ0n) is 12.1. The minimum atomic E-state index is -0.190. The number of rotatable bonds is 4. The number of aromatic nitrogens is 2. The fourth-order valence-electron chi connectivity index (χ4n) is 2.15. The predicted molar refractivity (Wildman–Crippen MR) is 84.6 cm³/mol. The van der Waals surface area contributed by atoms with Crippen molar-refractivity contribution in [2.45, 2.75) is 0 Å². The largest absolute Gasteiger partial charge is 0.480 e. The van der Waals surface area contributed by atoms with Gasteiger partial charge in [0, 0.05) is 30.7 Å². The van der Waals surface area contributed by atoms with Crippen LogP contribution in [-0.2, 0) is 4.79 Å². The number of carbonyl (C=O) groups excluding carboxylic acids is 1. The maximum atomic E-state index is 11.3. The number of nitrogens with one attached hydrogen (secondary N) is 1. The average molecular weight is 296 g/mol. The van der Waals surface area contributed by atoms with E-state index in [-0.39, 0.29) is 12.5 Å². The van der Waals surface area contributed by atoms with Crippen LogP contribution in [0.5, 0.6) is 5.75 Å². The van der Waals surface area contributed by atoms with Gasteiger partial charge in [-0.05, 0) is 24.3 Å². The second-order valence-corrected chi connectivity index (χ2v) is 4.82. The van der Waals surface area contributed by atoms with E-state index in [0.29, 0.717) is 17.1 Å². The van der Waals surface area contributed by atoms with Crippen LogP contribution >= 0.6 is 0 Å². The Labute approximate surface area is 127 Å². The third-order valence-electron chi connectivity index (χ3n) is 3.27. The van der Waals surface area contributed by atoms with E-state index in [9.17, 15) is 4.79 Å². The normalized spacial score (nSPS) is 10.6. The van der Waals surface area contributed by atoms with Crippen molar-refractivity contribution in [2.24, 2.45) is 0 Å². The third-order valence-corrected chi connectivity index (χ3v) is 3.27. The summed E-state index contributed by atoms with van der Waals surface area (Å²) in [7, 11) is 1.57. The van der Waals surface area contributed by atoms with E-state index >= 15 is 0 Å². The highest BCUT2D eigenvalue weighted by Gasteiger charge is 2.10. The van der Waals surface area contributed by atoms with Crippen molar-refractivity contribution in [3.63, 3.8) is 0 Å². The first-order valence-corrected chi connectivity index (χ1v) is 6.84. The highest BCUT2D eigenvalue weighted by atomic mass is 16.5. The highest BCUT2D eigenvalue weighted by Crippen LogP contribution is 2.25. The number of hydrogen-bond donors (Lipinski definition) is 2. The molecule has 0 bridgehead atoms. The Hall–Kier alpha value is -3.02. The average Bonchev–Trinajstić information content (AvgIpc) is 2.97. The highest BCUT2D eigenvalue weighted by molar-refractivity contribution is 5.77. The Kier molecular flexibility index (Phi) is 3.65. The van der Waals surface area contributed by atoms with Crippen LogP contribution in [0.25, 0.3) is 16.9 Å². The fourth-order valence-corrected chi connectivity index (χ4v) is 2.15. The van der Waals surface area contributed by atoms with Gasteiger partial charge in [0.25, 0.3) is 5.91 Å². The number of nitrogens with two attached hydrogens (primary N) is 1. The van der Waals surface area contributed by atoms with Crippen molar-refractivity contribution >= 4 is 17.2 Å². The first-order valence-electron chi connectivity index (χ1n) is 6.84. The predicted octanol–water partition coefficient (Wildman–Crippen LogP) is 1.71. The number of likely N-dealkylation sites (N-methyl/N-ethyl adjacent to an activating group) is 1. The fraction of sp³-hybridized carbons (Fsp3) is 0.125. The zero-order chi connectivity index (χ0) is 15.5. The van der Waals surface area contributed by atoms with Gasteiger partial charge in [0.05, 0.1) is 5.69 Å². The van der Waals surface area contributed by atoms with Gasteiger partial charge >= 0.3 is 0 Å². The summed E-state index contributed by atoms with van der Waals surface area (Å²) >= 11 is 0. The van der Waals surface area contributed by atoms with Crippen LogP contribution < -0.4 is 15.8 Å². The topological polar surface area (TPSA) is 81.6 Å². The van der Waals surface area contributed by atoms with E-state index in [4.69, 9.17) is 10.5 Å². The Morgan fingerprint density at radius 1 is 1.36 bits per heavy atom. The number of ether oxygens (including phenoxy) is 1. The Balaban J connectivity index is 1.97. The maximum Gasteiger partial charge on any atom is 0.257 e. The molecule has 22 heavy (non-hydrogen) atoms. The molecule has 6 nitrogen and oxygen atoms in total. The molecule has 3 rings (SSSR count). The quantitative estimate of drug-likeness (QED) is 0.718. The number of benzene rings is 1. The molecule has 3 N–H and O–H groups in total. The molecule has 112 valence electrons. The van der Waals surface area contributed by atoms with Gasteiger partial charge in [0.2, 0.25) is 0 Å². The Morgan fingerprint density at radius 3 is 3.00 bits per heavy atom. The number of fused-ring (bicyclic) bond motifs is 1. The third kappa shape index (κ3) is 2.71. The zero-order valence-corrected chi connectivity index (χ0v) is 12.1. The standard InChI is InChI=1S/C16H16N4O2/c1-18-15(21)10-22-14-6-3-7-20-9-13(19-16(14)20)11-4-2-5-12(17)8-11/h2-9H,10,17H2,1H3,(H,18,21). The summed E-state index contributed by atoms with van der Waals surface area (Å²) in [6, 6.07) is 11.2. The molecule has 3 aromatic rings. The molecule has 0 aliphatic heterocycles. The summed E-state index contributed by atoms with van der Waals surface area (Å²) in [5.41, 5.74) is 8.88. The molecular formula is C16H16N4O2. The number of pyridine rings is 1. The molecule has 6 heteroatoms. The number of anilines is 1. The summed E-state index contributed by atoms with van der Waals surface area (Å²) in [6.07, 6.45) is 3.78. The van der Waals surface area contributed by atoms with Gasteiger partial charge in [0.1, 0.15) is 0 Å². The number of imidazole rings is 1. The smallest absolute Gasteiger partial charge is 0.257 e. The van der Waals surface area contributed by atoms with Crippen molar-refractivity contribution in [2.75, 3.05) is 19.4 Å². The van der Waals surface area contributed by atoms with E-state index in [0.717, 1.165) is 11.3 Å². The van der Waals surface area contributed by atoms with Crippen molar-refractivity contribution < 1.29 is 9.53 Å². The summed E-state index contributed by atoms with van der Waals surface area (Å²) in [5, 5.41) is 2.52. The molecular weight excluding hydrogens is 280 g/mol. The molecule has 0 aliphatic rings. The molecule has 0 unspecified atom stereocenters. The first-order chi connectivity index (χ1) is 10.7. The Morgan fingerprint density at radius 2 is 2.23 bits per heavy atom. The minimum Gasteiger partial charge on any atom is -0.480 e. The molecule has 2 heterocycles. The van der Waals surface area contributed by atoms with Gasteiger partial charge in [-0.15, -0.1) is 0 Å². The molecule has 0 spiro atoms. The molecule has 0 atom stereocenters. The summed E-state index contributed by atoms with van der Waals surface area (Å²) in [6.45, 7) is -0.0450.